The molecule has 0 atom stereocenters. The minimum atomic E-state index is -0.377. The number of aromatic nitrogens is 2. The number of carbonyl (C=O) groups excluding carboxylic acids is 2. The third kappa shape index (κ3) is 3.45. The fourth-order valence-corrected chi connectivity index (χ4v) is 4.23. The average molecular weight is 395 g/mol. The van der Waals surface area contributed by atoms with Crippen molar-refractivity contribution in [3.63, 3.8) is 0 Å². The second-order valence-corrected chi connectivity index (χ2v) is 7.61. The molecule has 0 bridgehead atoms. The Hall–Kier alpha value is -2.93. The summed E-state index contributed by atoms with van der Waals surface area (Å²) in [5.41, 5.74) is 3.57. The van der Waals surface area contributed by atoms with Crippen LogP contribution >= 0.6 is 11.3 Å². The fraction of sp³-hybridized carbons (Fsp3) is 0.286. The van der Waals surface area contributed by atoms with Crippen molar-refractivity contribution in [2.24, 2.45) is 0 Å². The minimum Gasteiger partial charge on any atom is -0.462 e. The van der Waals surface area contributed by atoms with E-state index in [2.05, 4.69) is 10.4 Å². The van der Waals surface area contributed by atoms with Gasteiger partial charge in [-0.15, -0.1) is 11.3 Å². The van der Waals surface area contributed by atoms with Gasteiger partial charge in [0.25, 0.3) is 5.91 Å². The van der Waals surface area contributed by atoms with E-state index in [4.69, 9.17) is 4.74 Å². The Morgan fingerprint density at radius 1 is 1.29 bits per heavy atom. The highest BCUT2D eigenvalue weighted by Gasteiger charge is 2.32. The highest BCUT2D eigenvalue weighted by Crippen LogP contribution is 2.46. The number of thiophene rings is 1. The lowest BCUT2D eigenvalue weighted by Crippen LogP contribution is -2.16. The number of hydrogen-bond donors (Lipinski definition) is 1. The molecule has 1 N–H and O–H groups in total. The number of nitrogens with zero attached hydrogens (tertiary/aromatic N) is 2. The quantitative estimate of drug-likeness (QED) is 0.622. The highest BCUT2D eigenvalue weighted by molar-refractivity contribution is 7.15. The maximum Gasteiger partial charge on any atom is 0.341 e. The molecule has 0 radical (unpaired) electrons. The summed E-state index contributed by atoms with van der Waals surface area (Å²) in [7, 11) is 0. The van der Waals surface area contributed by atoms with Crippen LogP contribution in [-0.4, -0.2) is 28.3 Å². The van der Waals surface area contributed by atoms with E-state index in [0.717, 1.165) is 29.8 Å². The standard InChI is InChI=1S/C21H21N3O3S/c1-3-27-21(26)18-17(14-9-10-14)12-28-20(18)23-19(25)16-11-22-24(13(16)2)15-7-5-4-6-8-15/h4-8,11-12,14H,3,9-10H2,1-2H3,(H,23,25). The predicted octanol–water partition coefficient (Wildman–Crippen LogP) is 4.55. The molecule has 7 heteroatoms. The van der Waals surface area contributed by atoms with Crippen LogP contribution in [0.4, 0.5) is 5.00 Å². The van der Waals surface area contributed by atoms with Crippen molar-refractivity contribution in [3.8, 4) is 5.69 Å². The number of nitrogens with one attached hydrogen (secondary N) is 1. The van der Waals surface area contributed by atoms with Crippen molar-refractivity contribution in [2.45, 2.75) is 32.6 Å². The lowest BCUT2D eigenvalue weighted by molar-refractivity contribution is 0.0527. The smallest absolute Gasteiger partial charge is 0.341 e. The van der Waals surface area contributed by atoms with Crippen molar-refractivity contribution in [1.82, 2.24) is 9.78 Å². The Morgan fingerprint density at radius 3 is 2.71 bits per heavy atom. The van der Waals surface area contributed by atoms with E-state index in [-0.39, 0.29) is 11.9 Å². The first kappa shape index (κ1) is 18.4. The number of rotatable bonds is 6. The number of para-hydroxylation sites is 1. The molecule has 1 amide bonds. The molecule has 0 aliphatic heterocycles. The molecule has 0 spiro atoms. The van der Waals surface area contributed by atoms with E-state index in [1.54, 1.807) is 17.8 Å². The molecular weight excluding hydrogens is 374 g/mol. The van der Waals surface area contributed by atoms with Gasteiger partial charge < -0.3 is 10.1 Å². The summed E-state index contributed by atoms with van der Waals surface area (Å²) in [5, 5.41) is 9.74. The highest BCUT2D eigenvalue weighted by atomic mass is 32.1. The molecule has 1 aliphatic rings. The summed E-state index contributed by atoms with van der Waals surface area (Å²) in [5.74, 6) is -0.268. The van der Waals surface area contributed by atoms with Crippen molar-refractivity contribution < 1.29 is 14.3 Å². The molecule has 28 heavy (non-hydrogen) atoms. The Labute approximate surface area is 167 Å². The Morgan fingerprint density at radius 2 is 2.04 bits per heavy atom. The van der Waals surface area contributed by atoms with Crippen LogP contribution in [0.25, 0.3) is 5.69 Å². The van der Waals surface area contributed by atoms with Crippen LogP contribution in [0.15, 0.2) is 41.9 Å². The summed E-state index contributed by atoms with van der Waals surface area (Å²) < 4.78 is 6.95. The Bertz CT molecular complexity index is 1020. The van der Waals surface area contributed by atoms with Crippen molar-refractivity contribution >= 4 is 28.2 Å². The summed E-state index contributed by atoms with van der Waals surface area (Å²) in [6, 6.07) is 9.64. The van der Waals surface area contributed by atoms with Crippen LogP contribution in [0, 0.1) is 6.92 Å². The van der Waals surface area contributed by atoms with Gasteiger partial charge in [-0.25, -0.2) is 9.48 Å². The molecule has 1 aliphatic carbocycles. The topological polar surface area (TPSA) is 73.2 Å². The van der Waals surface area contributed by atoms with Gasteiger partial charge in [-0.05, 0) is 55.7 Å². The fourth-order valence-electron chi connectivity index (χ4n) is 3.20. The third-order valence-electron chi connectivity index (χ3n) is 4.80. The maximum absolute atomic E-state index is 12.9. The van der Waals surface area contributed by atoms with E-state index in [1.165, 1.54) is 11.3 Å². The lowest BCUT2D eigenvalue weighted by atomic mass is 10.1. The van der Waals surface area contributed by atoms with Gasteiger partial charge in [0.1, 0.15) is 5.00 Å². The van der Waals surface area contributed by atoms with E-state index >= 15 is 0 Å². The first-order valence-electron chi connectivity index (χ1n) is 9.30. The normalized spacial score (nSPS) is 13.4. The van der Waals surface area contributed by atoms with E-state index in [1.807, 2.05) is 42.6 Å². The largest absolute Gasteiger partial charge is 0.462 e. The summed E-state index contributed by atoms with van der Waals surface area (Å²) >= 11 is 1.37. The van der Waals surface area contributed by atoms with Gasteiger partial charge in [-0.2, -0.15) is 5.10 Å². The Kier molecular flexibility index (Phi) is 5.00. The molecule has 144 valence electrons. The molecule has 1 aromatic carbocycles. The number of esters is 1. The second kappa shape index (κ2) is 7.59. The molecule has 0 unspecified atom stereocenters. The molecule has 3 aromatic rings. The number of anilines is 1. The average Bonchev–Trinajstić information content (AvgIpc) is 3.34. The van der Waals surface area contributed by atoms with Crippen LogP contribution in [0.3, 0.4) is 0 Å². The summed E-state index contributed by atoms with van der Waals surface area (Å²) in [6.07, 6.45) is 3.69. The first-order chi connectivity index (χ1) is 13.6. The molecule has 2 heterocycles. The monoisotopic (exact) mass is 395 g/mol. The number of carbonyl (C=O) groups is 2. The van der Waals surface area contributed by atoms with Gasteiger partial charge in [0.15, 0.2) is 0 Å². The molecule has 0 saturated heterocycles. The number of hydrogen-bond acceptors (Lipinski definition) is 5. The maximum atomic E-state index is 12.9. The predicted molar refractivity (Wildman–Crippen MR) is 109 cm³/mol. The van der Waals surface area contributed by atoms with Gasteiger partial charge in [0.2, 0.25) is 0 Å². The van der Waals surface area contributed by atoms with Gasteiger partial charge in [0.05, 0.1) is 35.3 Å². The van der Waals surface area contributed by atoms with E-state index in [0.29, 0.717) is 28.7 Å². The van der Waals surface area contributed by atoms with Gasteiger partial charge in [0, 0.05) is 0 Å². The number of ether oxygens (including phenoxy) is 1. The molecule has 2 aromatic heterocycles. The molecule has 4 rings (SSSR count). The van der Waals surface area contributed by atoms with Crippen molar-refractivity contribution in [3.05, 3.63) is 64.3 Å². The first-order valence-corrected chi connectivity index (χ1v) is 10.2. The van der Waals surface area contributed by atoms with Gasteiger partial charge >= 0.3 is 5.97 Å². The van der Waals surface area contributed by atoms with Crippen molar-refractivity contribution in [1.29, 1.82) is 0 Å². The molecule has 1 saturated carbocycles. The second-order valence-electron chi connectivity index (χ2n) is 6.74. The van der Waals surface area contributed by atoms with Gasteiger partial charge in [-0.3, -0.25) is 4.79 Å². The third-order valence-corrected chi connectivity index (χ3v) is 5.71. The molecular formula is C21H21N3O3S. The van der Waals surface area contributed by atoms with E-state index in [9.17, 15) is 9.59 Å². The number of amides is 1. The zero-order chi connectivity index (χ0) is 19.7. The van der Waals surface area contributed by atoms with Gasteiger partial charge in [-0.1, -0.05) is 18.2 Å². The van der Waals surface area contributed by atoms with E-state index < -0.39 is 0 Å². The SMILES string of the molecule is CCOC(=O)c1c(C2CC2)csc1NC(=O)c1cnn(-c2ccccc2)c1C. The van der Waals surface area contributed by atoms with Crippen LogP contribution in [0.1, 0.15) is 57.7 Å². The summed E-state index contributed by atoms with van der Waals surface area (Å²) in [4.78, 5) is 25.4. The minimum absolute atomic E-state index is 0.283. The molecule has 1 fully saturated rings. The zero-order valence-electron chi connectivity index (χ0n) is 15.8. The zero-order valence-corrected chi connectivity index (χ0v) is 16.6. The summed E-state index contributed by atoms with van der Waals surface area (Å²) in [6.45, 7) is 3.93. The van der Waals surface area contributed by atoms with Crippen LogP contribution in [-0.2, 0) is 4.74 Å². The molecule has 6 nitrogen and oxygen atoms in total. The van der Waals surface area contributed by atoms with Crippen molar-refractivity contribution in [2.75, 3.05) is 11.9 Å². The lowest BCUT2D eigenvalue weighted by Gasteiger charge is -2.08. The van der Waals surface area contributed by atoms with Crippen LogP contribution in [0.5, 0.6) is 0 Å². The van der Waals surface area contributed by atoms with Crippen LogP contribution < -0.4 is 5.32 Å². The number of benzene rings is 1. The Balaban J connectivity index is 1.61. The van der Waals surface area contributed by atoms with Crippen LogP contribution in [0.2, 0.25) is 0 Å².